The van der Waals surface area contributed by atoms with Gasteiger partial charge in [-0.15, -0.1) is 6.58 Å². The maximum absolute atomic E-state index is 14.6. The second kappa shape index (κ2) is 21.7. The molecule has 2 aliphatic carbocycles. The largest absolute Gasteiger partial charge is 0.447 e. The highest BCUT2D eigenvalue weighted by molar-refractivity contribution is 6.38. The summed E-state index contributed by atoms with van der Waals surface area (Å²) in [6, 6.07) is -3.64. The molecule has 1 aliphatic heterocycles. The number of ether oxygens (including phenoxy) is 1. The fourth-order valence-corrected chi connectivity index (χ4v) is 8.01. The highest BCUT2D eigenvalue weighted by Crippen LogP contribution is 2.34. The van der Waals surface area contributed by atoms with Crippen molar-refractivity contribution in [2.75, 3.05) is 26.2 Å². The van der Waals surface area contributed by atoms with E-state index >= 15 is 0 Å². The predicted molar refractivity (Wildman–Crippen MR) is 196 cm³/mol. The van der Waals surface area contributed by atoms with Gasteiger partial charge in [0.2, 0.25) is 17.6 Å². The molecule has 0 bridgehead atoms. The zero-order valence-electron chi connectivity index (χ0n) is 31.4. The van der Waals surface area contributed by atoms with Gasteiger partial charge < -0.3 is 36.2 Å². The van der Waals surface area contributed by atoms with Crippen LogP contribution in [0.25, 0.3) is 0 Å². The SMILES string of the molecule is C=CCNC(=O)C(=O)C(CCCC)NC(=O)[C@@H]1C(C(C)C)CCN1C(=O)[C@@H](NC(=O)N[C@H](COC(=O)NCC)C1CCCCC1)C1CCCCC1. The molecule has 6 amide bonds. The summed E-state index contributed by atoms with van der Waals surface area (Å²) < 4.78 is 5.46. The van der Waals surface area contributed by atoms with E-state index in [2.05, 4.69) is 33.2 Å². The number of alkyl carbamates (subject to hydrolysis) is 1. The van der Waals surface area contributed by atoms with Gasteiger partial charge in [0.25, 0.3) is 5.91 Å². The van der Waals surface area contributed by atoms with Gasteiger partial charge >= 0.3 is 12.1 Å². The summed E-state index contributed by atoms with van der Waals surface area (Å²) in [4.78, 5) is 82.1. The Morgan fingerprint density at radius 2 is 1.49 bits per heavy atom. The van der Waals surface area contributed by atoms with E-state index in [9.17, 15) is 28.8 Å². The lowest BCUT2D eigenvalue weighted by atomic mass is 9.82. The Hall–Kier alpha value is -3.64. The quantitative estimate of drug-likeness (QED) is 0.104. The van der Waals surface area contributed by atoms with Crippen LogP contribution in [0.15, 0.2) is 12.7 Å². The van der Waals surface area contributed by atoms with Gasteiger partial charge in [0, 0.05) is 19.6 Å². The van der Waals surface area contributed by atoms with Gasteiger partial charge in [-0.1, -0.05) is 78.2 Å². The Morgan fingerprint density at radius 3 is 2.08 bits per heavy atom. The van der Waals surface area contributed by atoms with Crippen molar-refractivity contribution in [1.29, 1.82) is 0 Å². The molecule has 0 spiro atoms. The van der Waals surface area contributed by atoms with Crippen LogP contribution in [0.5, 0.6) is 0 Å². The van der Waals surface area contributed by atoms with E-state index in [1.54, 1.807) is 11.8 Å². The first-order valence-electron chi connectivity index (χ1n) is 19.5. The number of nitrogens with one attached hydrogen (secondary N) is 5. The van der Waals surface area contributed by atoms with E-state index < -0.39 is 53.9 Å². The lowest BCUT2D eigenvalue weighted by Gasteiger charge is -2.37. The van der Waals surface area contributed by atoms with Crippen molar-refractivity contribution in [1.82, 2.24) is 31.5 Å². The van der Waals surface area contributed by atoms with E-state index in [-0.39, 0.29) is 42.7 Å². The lowest BCUT2D eigenvalue weighted by Crippen LogP contribution is -2.61. The van der Waals surface area contributed by atoms with Crippen molar-refractivity contribution in [3.8, 4) is 0 Å². The number of unbranched alkanes of at least 4 members (excludes halogenated alkanes) is 1. The molecule has 2 unspecified atom stereocenters. The fraction of sp³-hybridized carbons (Fsp3) is 0.789. The van der Waals surface area contributed by atoms with E-state index in [0.717, 1.165) is 70.6 Å². The Labute approximate surface area is 304 Å². The third-order valence-electron chi connectivity index (χ3n) is 10.9. The Kier molecular flexibility index (Phi) is 17.7. The van der Waals surface area contributed by atoms with Crippen LogP contribution in [0.1, 0.15) is 118 Å². The number of Topliss-reactive ketones (excluding diaryl/α,β-unsaturated/α-hetero) is 1. The lowest BCUT2D eigenvalue weighted by molar-refractivity contribution is -0.144. The molecule has 0 aromatic rings. The number of ketones is 1. The summed E-state index contributed by atoms with van der Waals surface area (Å²) in [7, 11) is 0. The summed E-state index contributed by atoms with van der Waals surface area (Å²) in [5.41, 5.74) is 0. The third kappa shape index (κ3) is 12.5. The zero-order chi connectivity index (χ0) is 37.3. The molecule has 13 nitrogen and oxygen atoms in total. The van der Waals surface area contributed by atoms with Crippen molar-refractivity contribution < 1.29 is 33.5 Å². The van der Waals surface area contributed by atoms with Gasteiger partial charge in [0.1, 0.15) is 18.7 Å². The summed E-state index contributed by atoms with van der Waals surface area (Å²) in [6.45, 7) is 12.3. The van der Waals surface area contributed by atoms with Gasteiger partial charge in [-0.05, 0) is 69.1 Å². The molecule has 5 atom stereocenters. The Balaban J connectivity index is 1.84. The first-order chi connectivity index (χ1) is 24.5. The standard InChI is InChI=1S/C38H64N6O7/c1-6-9-20-29(33(45)35(47)40-22-7-2)41-34(46)32-28(25(4)5)21-23-44(32)36(48)31(27-18-14-11-15-19-27)43-37(49)42-30(24-51-38(50)39-8-3)26-16-12-10-13-17-26/h7,25-32H,2,6,8-24H2,1,3-5H3,(H,39,50)(H,40,47)(H,41,46)(H2,42,43,49)/t28?,29?,30-,31+,32+/m1/s1. The van der Waals surface area contributed by atoms with E-state index in [1.165, 1.54) is 6.08 Å². The first-order valence-corrected chi connectivity index (χ1v) is 19.5. The minimum atomic E-state index is -1.02. The van der Waals surface area contributed by atoms with Crippen LogP contribution in [0.2, 0.25) is 0 Å². The topological polar surface area (TPSA) is 175 Å². The van der Waals surface area contributed by atoms with Crippen LogP contribution < -0.4 is 26.6 Å². The minimum Gasteiger partial charge on any atom is -0.447 e. The molecule has 2 saturated carbocycles. The van der Waals surface area contributed by atoms with Crippen molar-refractivity contribution in [2.45, 2.75) is 142 Å². The van der Waals surface area contributed by atoms with Gasteiger partial charge in [0.15, 0.2) is 0 Å². The number of nitrogens with zero attached hydrogens (tertiary/aromatic N) is 1. The number of urea groups is 1. The molecule has 3 fully saturated rings. The van der Waals surface area contributed by atoms with E-state index in [4.69, 9.17) is 4.74 Å². The molecule has 13 heteroatoms. The monoisotopic (exact) mass is 716 g/mol. The minimum absolute atomic E-state index is 0.0277. The average molecular weight is 717 g/mol. The molecule has 288 valence electrons. The smallest absolute Gasteiger partial charge is 0.407 e. The normalized spacial score (nSPS) is 21.5. The number of hydrogen-bond acceptors (Lipinski definition) is 7. The maximum atomic E-state index is 14.6. The third-order valence-corrected chi connectivity index (χ3v) is 10.9. The van der Waals surface area contributed by atoms with E-state index in [1.807, 2.05) is 20.8 Å². The molecule has 3 rings (SSSR count). The Bertz CT molecular complexity index is 1180. The Morgan fingerprint density at radius 1 is 0.843 bits per heavy atom. The molecule has 51 heavy (non-hydrogen) atoms. The highest BCUT2D eigenvalue weighted by atomic mass is 16.5. The molecule has 3 aliphatic rings. The molecule has 0 aromatic carbocycles. The maximum Gasteiger partial charge on any atom is 0.407 e. The van der Waals surface area contributed by atoms with Crippen molar-refractivity contribution >= 4 is 35.6 Å². The molecule has 1 heterocycles. The number of carbonyl (C=O) groups is 6. The molecular formula is C38H64N6O7. The van der Waals surface area contributed by atoms with Crippen molar-refractivity contribution in [2.24, 2.45) is 23.7 Å². The molecule has 0 aromatic heterocycles. The first kappa shape index (κ1) is 41.8. The summed E-state index contributed by atoms with van der Waals surface area (Å²) in [5, 5.41) is 14.1. The predicted octanol–water partition coefficient (Wildman–Crippen LogP) is 4.35. The van der Waals surface area contributed by atoms with Gasteiger partial charge in [-0.25, -0.2) is 9.59 Å². The van der Waals surface area contributed by atoms with E-state index in [0.29, 0.717) is 32.4 Å². The summed E-state index contributed by atoms with van der Waals surface area (Å²) in [5.74, 6) is -2.36. The number of carbonyl (C=O) groups excluding carboxylic acids is 6. The summed E-state index contributed by atoms with van der Waals surface area (Å²) >= 11 is 0. The second-order valence-corrected chi connectivity index (χ2v) is 14.9. The average Bonchev–Trinajstić information content (AvgIpc) is 3.59. The number of likely N-dealkylation sites (tertiary alicyclic amines) is 1. The van der Waals surface area contributed by atoms with Gasteiger partial charge in [-0.2, -0.15) is 0 Å². The number of amides is 6. The van der Waals surface area contributed by atoms with Crippen LogP contribution in [0.4, 0.5) is 9.59 Å². The van der Waals surface area contributed by atoms with Gasteiger partial charge in [-0.3, -0.25) is 19.2 Å². The fourth-order valence-electron chi connectivity index (χ4n) is 8.01. The van der Waals surface area contributed by atoms with Crippen LogP contribution in [-0.4, -0.2) is 90.9 Å². The molecular weight excluding hydrogens is 652 g/mol. The summed E-state index contributed by atoms with van der Waals surface area (Å²) in [6.07, 6.45) is 12.7. The second-order valence-electron chi connectivity index (χ2n) is 14.9. The van der Waals surface area contributed by atoms with Gasteiger partial charge in [0.05, 0.1) is 12.1 Å². The molecule has 0 radical (unpaired) electrons. The zero-order valence-corrected chi connectivity index (χ0v) is 31.4. The highest BCUT2D eigenvalue weighted by Gasteiger charge is 2.47. The number of hydrogen-bond donors (Lipinski definition) is 5. The van der Waals surface area contributed by atoms with Crippen LogP contribution in [0.3, 0.4) is 0 Å². The van der Waals surface area contributed by atoms with Crippen LogP contribution >= 0.6 is 0 Å². The number of rotatable bonds is 18. The molecule has 1 saturated heterocycles. The van der Waals surface area contributed by atoms with Crippen molar-refractivity contribution in [3.63, 3.8) is 0 Å². The van der Waals surface area contributed by atoms with Crippen molar-refractivity contribution in [3.05, 3.63) is 12.7 Å². The van der Waals surface area contributed by atoms with Crippen LogP contribution in [0, 0.1) is 23.7 Å². The van der Waals surface area contributed by atoms with Crippen LogP contribution in [-0.2, 0) is 23.9 Å². The molecule has 5 N–H and O–H groups in total.